The second-order valence-corrected chi connectivity index (χ2v) is 13.9. The highest BCUT2D eigenvalue weighted by Gasteiger charge is 2.54. The first kappa shape index (κ1) is 30.0. The summed E-state index contributed by atoms with van der Waals surface area (Å²) in [5.74, 6) is -0.742. The van der Waals surface area contributed by atoms with E-state index in [0.29, 0.717) is 34.1 Å². The van der Waals surface area contributed by atoms with Gasteiger partial charge in [0.05, 0.1) is 0 Å². The van der Waals surface area contributed by atoms with Crippen molar-refractivity contribution in [2.24, 2.45) is 17.1 Å². The standard InChI is InChI=1S/C20H29NO.C16H12O6/c1-13(2)14-6-8-16-15(12-14)7-9-17-19(16,3)10-5-11-20(17,4)18(21)22;17-10-2-1-8-13-9-4-12(19)11(18)3-7(9)5-16(13,21)6-22-15(8)14(10)20/h6,8,12-13,17H,5,7,9-11H2,1-4H3,(H2,21,22);1-4,18-21H,5-6H2. The predicted molar refractivity (Wildman–Crippen MR) is 166 cm³/mol. The molecular weight excluding hydrogens is 558 g/mol. The predicted octanol–water partition coefficient (Wildman–Crippen LogP) is 5.38. The van der Waals surface area contributed by atoms with Crippen LogP contribution in [0, 0.1) is 11.3 Å². The Bertz CT molecular complexity index is 1680. The number of phenols is 2. The van der Waals surface area contributed by atoms with Crippen LogP contribution >= 0.6 is 0 Å². The van der Waals surface area contributed by atoms with Crippen molar-refractivity contribution in [2.75, 3.05) is 6.61 Å². The molecular formula is C36H41NO7. The first-order valence-electron chi connectivity index (χ1n) is 15.4. The molecule has 232 valence electrons. The lowest BCUT2D eigenvalue weighted by atomic mass is 9.49. The van der Waals surface area contributed by atoms with E-state index in [-0.39, 0.29) is 47.0 Å². The molecule has 8 heteroatoms. The summed E-state index contributed by atoms with van der Waals surface area (Å²) in [4.78, 5) is 23.7. The number of amides is 1. The Hall–Kier alpha value is -4.04. The van der Waals surface area contributed by atoms with Crippen LogP contribution in [-0.2, 0) is 32.6 Å². The Labute approximate surface area is 257 Å². The molecule has 5 aliphatic rings. The van der Waals surface area contributed by atoms with Gasteiger partial charge in [0.1, 0.15) is 12.2 Å². The number of hydrogen-bond acceptors (Lipinski definition) is 7. The minimum atomic E-state index is -1.33. The summed E-state index contributed by atoms with van der Waals surface area (Å²) in [5.41, 5.74) is 10.8. The molecule has 44 heavy (non-hydrogen) atoms. The quantitative estimate of drug-likeness (QED) is 0.291. The Morgan fingerprint density at radius 3 is 2.45 bits per heavy atom. The third-order valence-corrected chi connectivity index (χ3v) is 10.8. The maximum absolute atomic E-state index is 12.2. The number of carbonyl (C=O) groups excluding carboxylic acids is 2. The molecule has 0 saturated heterocycles. The van der Waals surface area contributed by atoms with Crippen LogP contribution in [0.1, 0.15) is 87.1 Å². The molecule has 7 rings (SSSR count). The molecule has 0 radical (unpaired) electrons. The average Bonchev–Trinajstić information content (AvgIpc) is 3.26. The van der Waals surface area contributed by atoms with Crippen molar-refractivity contribution in [3.05, 3.63) is 87.4 Å². The monoisotopic (exact) mass is 599 g/mol. The molecule has 6 N–H and O–H groups in total. The average molecular weight is 600 g/mol. The molecule has 4 aliphatic carbocycles. The van der Waals surface area contributed by atoms with Crippen LogP contribution < -0.4 is 5.73 Å². The zero-order valence-corrected chi connectivity index (χ0v) is 25.7. The number of nitrogens with two attached hydrogens (primary N) is 1. The third kappa shape index (κ3) is 4.45. The van der Waals surface area contributed by atoms with Crippen molar-refractivity contribution >= 4 is 17.3 Å². The largest absolute Gasteiger partial charge is 0.504 e. The molecule has 1 saturated carbocycles. The molecule has 1 fully saturated rings. The van der Waals surface area contributed by atoms with Crippen molar-refractivity contribution in [1.29, 1.82) is 0 Å². The number of ether oxygens (including phenoxy) is 1. The minimum absolute atomic E-state index is 0.0348. The number of phenolic OH excluding ortho intramolecular Hbond substituents is 2. The minimum Gasteiger partial charge on any atom is -0.504 e. The number of aliphatic hydroxyl groups is 2. The summed E-state index contributed by atoms with van der Waals surface area (Å²) in [7, 11) is 0. The SMILES string of the molecule is CC(C)c1ccc2c(c1)CCC1C(C)(C(N)=O)CCCC21C.O=C1C=CC2=C3c4cc(O)c(O)cc4CC3(O)COC2=C1O. The van der Waals surface area contributed by atoms with Gasteiger partial charge in [0.2, 0.25) is 17.4 Å². The van der Waals surface area contributed by atoms with Crippen LogP contribution in [0.15, 0.2) is 59.6 Å². The van der Waals surface area contributed by atoms with Gasteiger partial charge >= 0.3 is 0 Å². The summed E-state index contributed by atoms with van der Waals surface area (Å²) in [6.45, 7) is 8.85. The first-order chi connectivity index (χ1) is 20.7. The number of fused-ring (bicyclic) bond motifs is 7. The van der Waals surface area contributed by atoms with Gasteiger partial charge in [0, 0.05) is 23.0 Å². The molecule has 2 aromatic carbocycles. The molecule has 4 atom stereocenters. The summed E-state index contributed by atoms with van der Waals surface area (Å²) in [6, 6.07) is 9.79. The van der Waals surface area contributed by atoms with Crippen LogP contribution in [0.3, 0.4) is 0 Å². The number of aromatic hydroxyl groups is 2. The van der Waals surface area contributed by atoms with E-state index in [1.807, 2.05) is 0 Å². The summed E-state index contributed by atoms with van der Waals surface area (Å²) >= 11 is 0. The van der Waals surface area contributed by atoms with Crippen LogP contribution in [0.5, 0.6) is 11.5 Å². The lowest BCUT2D eigenvalue weighted by molar-refractivity contribution is -0.135. The molecule has 0 spiro atoms. The van der Waals surface area contributed by atoms with Crippen molar-refractivity contribution in [3.8, 4) is 11.5 Å². The molecule has 8 nitrogen and oxygen atoms in total. The maximum Gasteiger partial charge on any atom is 0.224 e. The zero-order chi connectivity index (χ0) is 31.8. The number of allylic oxidation sites excluding steroid dienone is 2. The lowest BCUT2D eigenvalue weighted by Gasteiger charge is -2.54. The first-order valence-corrected chi connectivity index (χ1v) is 15.4. The number of aliphatic hydroxyl groups excluding tert-OH is 1. The topological polar surface area (TPSA) is 150 Å². The van der Waals surface area contributed by atoms with E-state index < -0.39 is 17.1 Å². The lowest BCUT2D eigenvalue weighted by Crippen LogP contribution is -2.54. The van der Waals surface area contributed by atoms with Crippen molar-refractivity contribution < 1.29 is 34.8 Å². The number of ketones is 1. The van der Waals surface area contributed by atoms with Crippen molar-refractivity contribution in [2.45, 2.75) is 83.2 Å². The van der Waals surface area contributed by atoms with Crippen LogP contribution in [-0.4, -0.2) is 44.3 Å². The van der Waals surface area contributed by atoms with E-state index in [0.717, 1.165) is 25.7 Å². The number of aryl methyl sites for hydroxylation is 1. The number of benzene rings is 2. The summed E-state index contributed by atoms with van der Waals surface area (Å²) < 4.78 is 5.40. The molecule has 1 aliphatic heterocycles. The van der Waals surface area contributed by atoms with Gasteiger partial charge < -0.3 is 30.9 Å². The molecule has 2 aromatic rings. The second-order valence-electron chi connectivity index (χ2n) is 13.9. The zero-order valence-electron chi connectivity index (χ0n) is 25.7. The molecule has 0 bridgehead atoms. The molecule has 0 aromatic heterocycles. The Balaban J connectivity index is 0.000000156. The fraction of sp³-hybridized carbons (Fsp3) is 0.444. The van der Waals surface area contributed by atoms with Crippen LogP contribution in [0.4, 0.5) is 0 Å². The van der Waals surface area contributed by atoms with E-state index >= 15 is 0 Å². The third-order valence-electron chi connectivity index (χ3n) is 10.8. The van der Waals surface area contributed by atoms with Gasteiger partial charge in [-0.3, -0.25) is 9.59 Å². The van der Waals surface area contributed by atoms with Gasteiger partial charge in [-0.05, 0) is 95.0 Å². The van der Waals surface area contributed by atoms with Crippen LogP contribution in [0.2, 0.25) is 0 Å². The van der Waals surface area contributed by atoms with E-state index in [1.165, 1.54) is 47.4 Å². The van der Waals surface area contributed by atoms with Gasteiger partial charge in [-0.2, -0.15) is 0 Å². The smallest absolute Gasteiger partial charge is 0.224 e. The van der Waals surface area contributed by atoms with Gasteiger partial charge in [-0.15, -0.1) is 0 Å². The van der Waals surface area contributed by atoms with E-state index in [4.69, 9.17) is 10.5 Å². The molecule has 1 amide bonds. The van der Waals surface area contributed by atoms with Crippen molar-refractivity contribution in [1.82, 2.24) is 0 Å². The summed E-state index contributed by atoms with van der Waals surface area (Å²) in [6.07, 6.45) is 8.28. The number of rotatable bonds is 2. The number of primary amides is 1. The van der Waals surface area contributed by atoms with Gasteiger partial charge in [-0.1, -0.05) is 52.3 Å². The summed E-state index contributed by atoms with van der Waals surface area (Å²) in [5, 5.41) is 40.1. The highest BCUT2D eigenvalue weighted by molar-refractivity contribution is 6.06. The second kappa shape index (κ2) is 10.3. The molecule has 1 heterocycles. The van der Waals surface area contributed by atoms with E-state index in [1.54, 1.807) is 0 Å². The maximum atomic E-state index is 12.2. The Morgan fingerprint density at radius 1 is 1.02 bits per heavy atom. The fourth-order valence-electron chi connectivity index (χ4n) is 8.43. The number of hydrogen-bond donors (Lipinski definition) is 5. The van der Waals surface area contributed by atoms with E-state index in [9.17, 15) is 30.0 Å². The van der Waals surface area contributed by atoms with E-state index in [2.05, 4.69) is 45.9 Å². The Kier molecular flexibility index (Phi) is 7.00. The van der Waals surface area contributed by atoms with Gasteiger partial charge in [-0.25, -0.2) is 0 Å². The normalized spacial score (nSPS) is 30.0. The fourth-order valence-corrected chi connectivity index (χ4v) is 8.43. The molecule has 4 unspecified atom stereocenters. The van der Waals surface area contributed by atoms with Gasteiger partial charge in [0.25, 0.3) is 0 Å². The number of carbonyl (C=O) groups is 2. The Morgan fingerprint density at radius 2 is 1.75 bits per heavy atom. The van der Waals surface area contributed by atoms with Crippen molar-refractivity contribution in [3.63, 3.8) is 0 Å². The highest BCUT2D eigenvalue weighted by Crippen LogP contribution is 2.57. The highest BCUT2D eigenvalue weighted by atomic mass is 16.5. The van der Waals surface area contributed by atoms with Crippen LogP contribution in [0.25, 0.3) is 5.57 Å². The van der Waals surface area contributed by atoms with Gasteiger partial charge in [0.15, 0.2) is 17.3 Å².